The molecule has 1 heterocycles. The quantitative estimate of drug-likeness (QED) is 0.812. The van der Waals surface area contributed by atoms with Crippen LogP contribution in [-0.2, 0) is 19.6 Å². The summed E-state index contributed by atoms with van der Waals surface area (Å²) >= 11 is 0. The summed E-state index contributed by atoms with van der Waals surface area (Å²) in [6.45, 7) is -0.218. The van der Waals surface area contributed by atoms with Gasteiger partial charge in [-0.2, -0.15) is 5.26 Å². The number of carboxylic acid groups (broad SMARTS) is 1. The maximum absolute atomic E-state index is 13.5. The summed E-state index contributed by atoms with van der Waals surface area (Å²) in [7, 11) is -4.23. The van der Waals surface area contributed by atoms with E-state index in [1.807, 2.05) is 0 Å². The van der Waals surface area contributed by atoms with Crippen molar-refractivity contribution < 1.29 is 27.4 Å². The van der Waals surface area contributed by atoms with E-state index in [0.29, 0.717) is 0 Å². The van der Waals surface area contributed by atoms with Crippen LogP contribution in [0.15, 0.2) is 23.1 Å². The highest BCUT2D eigenvalue weighted by molar-refractivity contribution is 7.89. The molecule has 0 aromatic heterocycles. The van der Waals surface area contributed by atoms with E-state index in [2.05, 4.69) is 4.72 Å². The number of benzene rings is 1. The van der Waals surface area contributed by atoms with Gasteiger partial charge in [0.05, 0.1) is 25.2 Å². The normalized spacial score (nSPS) is 21.9. The topological polar surface area (TPSA) is 116 Å². The number of carboxylic acids is 1. The van der Waals surface area contributed by atoms with Gasteiger partial charge in [0.25, 0.3) is 0 Å². The lowest BCUT2D eigenvalue weighted by Crippen LogP contribution is -2.42. The van der Waals surface area contributed by atoms with Gasteiger partial charge in [-0.25, -0.2) is 17.5 Å². The lowest BCUT2D eigenvalue weighted by Gasteiger charge is -2.16. The number of ether oxygens (including phenoxy) is 1. The van der Waals surface area contributed by atoms with E-state index in [9.17, 15) is 17.6 Å². The lowest BCUT2D eigenvalue weighted by atomic mass is 10.1. The van der Waals surface area contributed by atoms with Crippen LogP contribution in [0.25, 0.3) is 0 Å². The van der Waals surface area contributed by atoms with E-state index < -0.39 is 44.2 Å². The molecule has 0 amide bonds. The number of hydrogen-bond acceptors (Lipinski definition) is 5. The second-order valence-corrected chi connectivity index (χ2v) is 6.12. The molecule has 1 aromatic rings. The van der Waals surface area contributed by atoms with Crippen LogP contribution >= 0.6 is 0 Å². The minimum atomic E-state index is -4.23. The summed E-state index contributed by atoms with van der Waals surface area (Å²) in [5.74, 6) is -3.18. The van der Waals surface area contributed by atoms with Gasteiger partial charge >= 0.3 is 5.97 Å². The van der Waals surface area contributed by atoms with Crippen LogP contribution in [0.5, 0.6) is 0 Å². The maximum atomic E-state index is 13.5. The smallest absolute Gasteiger partial charge is 0.310 e. The van der Waals surface area contributed by atoms with Crippen molar-refractivity contribution in [2.75, 3.05) is 13.2 Å². The highest BCUT2D eigenvalue weighted by Crippen LogP contribution is 2.21. The van der Waals surface area contributed by atoms with Gasteiger partial charge in [-0.1, -0.05) is 6.07 Å². The van der Waals surface area contributed by atoms with Crippen LogP contribution < -0.4 is 4.72 Å². The number of rotatable bonds is 4. The van der Waals surface area contributed by atoms with E-state index in [-0.39, 0.29) is 13.2 Å². The average Bonchev–Trinajstić information content (AvgIpc) is 2.86. The summed E-state index contributed by atoms with van der Waals surface area (Å²) in [5, 5.41) is 17.8. The molecule has 7 nitrogen and oxygen atoms in total. The predicted molar refractivity (Wildman–Crippen MR) is 67.2 cm³/mol. The highest BCUT2D eigenvalue weighted by Gasteiger charge is 2.37. The maximum Gasteiger partial charge on any atom is 0.310 e. The molecule has 1 aliphatic rings. The minimum absolute atomic E-state index is 0.104. The zero-order chi connectivity index (χ0) is 15.6. The van der Waals surface area contributed by atoms with Crippen molar-refractivity contribution in [1.29, 1.82) is 5.26 Å². The Bertz CT molecular complexity index is 713. The fraction of sp³-hybridized carbons (Fsp3) is 0.333. The first-order valence-electron chi connectivity index (χ1n) is 5.88. The molecule has 2 unspecified atom stereocenters. The molecule has 0 aliphatic carbocycles. The van der Waals surface area contributed by atoms with Gasteiger partial charge < -0.3 is 9.84 Å². The van der Waals surface area contributed by atoms with Gasteiger partial charge in [0.2, 0.25) is 10.0 Å². The number of aliphatic carboxylic acids is 1. The Morgan fingerprint density at radius 3 is 2.81 bits per heavy atom. The molecule has 0 bridgehead atoms. The summed E-state index contributed by atoms with van der Waals surface area (Å²) in [6, 6.07) is 3.72. The first-order valence-corrected chi connectivity index (χ1v) is 7.36. The van der Waals surface area contributed by atoms with Gasteiger partial charge in [0, 0.05) is 0 Å². The van der Waals surface area contributed by atoms with Crippen molar-refractivity contribution in [3.8, 4) is 6.07 Å². The average molecular weight is 314 g/mol. The zero-order valence-corrected chi connectivity index (χ0v) is 11.4. The van der Waals surface area contributed by atoms with E-state index in [4.69, 9.17) is 15.1 Å². The van der Waals surface area contributed by atoms with Gasteiger partial charge in [-0.3, -0.25) is 4.79 Å². The van der Waals surface area contributed by atoms with Crippen LogP contribution in [0.4, 0.5) is 4.39 Å². The molecule has 9 heteroatoms. The van der Waals surface area contributed by atoms with Crippen molar-refractivity contribution in [3.63, 3.8) is 0 Å². The van der Waals surface area contributed by atoms with Crippen LogP contribution in [-0.4, -0.2) is 38.7 Å². The first-order chi connectivity index (χ1) is 9.86. The molecule has 0 radical (unpaired) electrons. The van der Waals surface area contributed by atoms with Crippen molar-refractivity contribution in [1.82, 2.24) is 4.72 Å². The fourth-order valence-electron chi connectivity index (χ4n) is 2.01. The molecule has 0 spiro atoms. The number of nitrogens with one attached hydrogen (secondary N) is 1. The van der Waals surface area contributed by atoms with E-state index in [1.54, 1.807) is 0 Å². The molecular weight excluding hydrogens is 303 g/mol. The predicted octanol–water partition coefficient (Wildman–Crippen LogP) is 0.0753. The summed E-state index contributed by atoms with van der Waals surface area (Å²) in [4.78, 5) is 10.5. The summed E-state index contributed by atoms with van der Waals surface area (Å²) in [5.41, 5.74) is -0.615. The monoisotopic (exact) mass is 314 g/mol. The van der Waals surface area contributed by atoms with E-state index in [1.165, 1.54) is 6.07 Å². The van der Waals surface area contributed by atoms with Crippen molar-refractivity contribution in [2.24, 2.45) is 5.92 Å². The number of halogens is 1. The van der Waals surface area contributed by atoms with Gasteiger partial charge in [0.15, 0.2) is 0 Å². The molecular formula is C12H11FN2O5S. The minimum Gasteiger partial charge on any atom is -0.481 e. The van der Waals surface area contributed by atoms with Gasteiger partial charge in [0.1, 0.15) is 22.3 Å². The van der Waals surface area contributed by atoms with E-state index >= 15 is 0 Å². The fourth-order valence-corrected chi connectivity index (χ4v) is 3.44. The Balaban J connectivity index is 2.34. The molecule has 1 aliphatic heterocycles. The van der Waals surface area contributed by atoms with Crippen LogP contribution in [0.2, 0.25) is 0 Å². The number of nitriles is 1. The largest absolute Gasteiger partial charge is 0.481 e. The van der Waals surface area contributed by atoms with Gasteiger partial charge in [-0.05, 0) is 12.1 Å². The molecule has 21 heavy (non-hydrogen) atoms. The van der Waals surface area contributed by atoms with Crippen LogP contribution in [0.1, 0.15) is 5.56 Å². The zero-order valence-electron chi connectivity index (χ0n) is 10.6. The lowest BCUT2D eigenvalue weighted by molar-refractivity contribution is -0.142. The van der Waals surface area contributed by atoms with Crippen molar-refractivity contribution >= 4 is 16.0 Å². The SMILES string of the molecule is N#Cc1c(F)cccc1S(=O)(=O)NC1COCC1C(=O)O. The van der Waals surface area contributed by atoms with Crippen molar-refractivity contribution in [3.05, 3.63) is 29.6 Å². The van der Waals surface area contributed by atoms with Crippen molar-refractivity contribution in [2.45, 2.75) is 10.9 Å². The molecule has 0 saturated carbocycles. The van der Waals surface area contributed by atoms with E-state index in [0.717, 1.165) is 18.2 Å². The van der Waals surface area contributed by atoms with Gasteiger partial charge in [-0.15, -0.1) is 0 Å². The number of nitrogens with zero attached hydrogens (tertiary/aromatic N) is 1. The molecule has 2 rings (SSSR count). The third kappa shape index (κ3) is 3.02. The second kappa shape index (κ2) is 5.77. The third-order valence-electron chi connectivity index (χ3n) is 3.08. The Kier molecular flexibility index (Phi) is 4.22. The number of sulfonamides is 1. The Labute approximate surface area is 120 Å². The summed E-state index contributed by atoms with van der Waals surface area (Å²) < 4.78 is 45.0. The molecule has 2 N–H and O–H groups in total. The molecule has 1 saturated heterocycles. The molecule has 1 fully saturated rings. The third-order valence-corrected chi connectivity index (χ3v) is 4.61. The second-order valence-electron chi connectivity index (χ2n) is 4.43. The Hall–Kier alpha value is -2.02. The summed E-state index contributed by atoms with van der Waals surface area (Å²) in [6.07, 6.45) is 0. The van der Waals surface area contributed by atoms with Crippen LogP contribution in [0.3, 0.4) is 0 Å². The Morgan fingerprint density at radius 2 is 2.19 bits per heavy atom. The van der Waals surface area contributed by atoms with Crippen LogP contribution in [0, 0.1) is 23.1 Å². The number of hydrogen-bond donors (Lipinski definition) is 2. The standard InChI is InChI=1S/C12H11FN2O5S/c13-9-2-1-3-11(7(9)4-14)21(18,19)15-10-6-20-5-8(10)12(16)17/h1-3,8,10,15H,5-6H2,(H,16,17). The number of carbonyl (C=O) groups is 1. The molecule has 2 atom stereocenters. The highest BCUT2D eigenvalue weighted by atomic mass is 32.2. The molecule has 112 valence electrons. The first kappa shape index (κ1) is 15.4. The Morgan fingerprint density at radius 1 is 1.48 bits per heavy atom. The molecule has 1 aromatic carbocycles.